The summed E-state index contributed by atoms with van der Waals surface area (Å²) in [5.74, 6) is -2.12. The molecule has 140 valence electrons. The lowest BCUT2D eigenvalue weighted by Gasteiger charge is -2.14. The van der Waals surface area contributed by atoms with E-state index in [0.29, 0.717) is 11.0 Å². The molecule has 27 heavy (non-hydrogen) atoms. The summed E-state index contributed by atoms with van der Waals surface area (Å²) in [6, 6.07) is 6.49. The lowest BCUT2D eigenvalue weighted by molar-refractivity contribution is 0.101. The Bertz CT molecular complexity index is 1040. The van der Waals surface area contributed by atoms with E-state index in [1.165, 1.54) is 0 Å². The molecule has 0 fully saturated rings. The van der Waals surface area contributed by atoms with Gasteiger partial charge in [0.05, 0.1) is 22.8 Å². The molecule has 0 radical (unpaired) electrons. The molecule has 7 heteroatoms. The molecule has 3 aromatic rings. The molecular formula is C20H19F2N3O2. The highest BCUT2D eigenvalue weighted by molar-refractivity contribution is 6.05. The van der Waals surface area contributed by atoms with Crippen LogP contribution in [-0.4, -0.2) is 22.0 Å². The Balaban J connectivity index is 2.08. The van der Waals surface area contributed by atoms with E-state index >= 15 is 0 Å². The SMILES string of the molecule is Cc1cc2nc(OC(C)C)c(C(=O)Nc3cc(F)ccc3F)nc2cc1C. The Morgan fingerprint density at radius 2 is 1.67 bits per heavy atom. The molecule has 0 aliphatic heterocycles. The van der Waals surface area contributed by atoms with Crippen LogP contribution in [0.3, 0.4) is 0 Å². The Labute approximate surface area is 155 Å². The molecule has 1 aromatic heterocycles. The minimum Gasteiger partial charge on any atom is -0.473 e. The van der Waals surface area contributed by atoms with E-state index < -0.39 is 17.5 Å². The standard InChI is InChI=1S/C20H19F2N3O2/c1-10(2)27-20-18(19(26)24-15-9-13(21)5-6-14(15)22)23-16-7-11(3)12(4)8-17(16)25-20/h5-10H,1-4H3,(H,24,26). The molecular weight excluding hydrogens is 352 g/mol. The van der Waals surface area contributed by atoms with Crippen LogP contribution in [-0.2, 0) is 0 Å². The second-order valence-corrected chi connectivity index (χ2v) is 6.55. The van der Waals surface area contributed by atoms with Gasteiger partial charge in [-0.25, -0.2) is 18.7 Å². The van der Waals surface area contributed by atoms with Crippen LogP contribution in [0.4, 0.5) is 14.5 Å². The predicted molar refractivity (Wildman–Crippen MR) is 99.1 cm³/mol. The molecule has 0 atom stereocenters. The number of amides is 1. The van der Waals surface area contributed by atoms with Gasteiger partial charge < -0.3 is 10.1 Å². The van der Waals surface area contributed by atoms with Crippen LogP contribution >= 0.6 is 0 Å². The Morgan fingerprint density at radius 3 is 2.30 bits per heavy atom. The smallest absolute Gasteiger partial charge is 0.280 e. The van der Waals surface area contributed by atoms with Crippen molar-refractivity contribution in [2.75, 3.05) is 5.32 Å². The largest absolute Gasteiger partial charge is 0.473 e. The van der Waals surface area contributed by atoms with Gasteiger partial charge in [0.1, 0.15) is 11.6 Å². The average molecular weight is 371 g/mol. The Kier molecular flexibility index (Phi) is 5.03. The third-order valence-electron chi connectivity index (χ3n) is 3.99. The minimum absolute atomic E-state index is 0.0371. The molecule has 1 heterocycles. The molecule has 0 spiro atoms. The first kappa shape index (κ1) is 18.7. The van der Waals surface area contributed by atoms with E-state index in [9.17, 15) is 13.6 Å². The van der Waals surface area contributed by atoms with Gasteiger partial charge in [0, 0.05) is 6.07 Å². The van der Waals surface area contributed by atoms with Crippen molar-refractivity contribution in [3.8, 4) is 5.88 Å². The van der Waals surface area contributed by atoms with Crippen LogP contribution in [0.5, 0.6) is 5.88 Å². The summed E-state index contributed by atoms with van der Waals surface area (Å²) in [7, 11) is 0. The van der Waals surface area contributed by atoms with E-state index in [1.807, 2.05) is 26.0 Å². The normalized spacial score (nSPS) is 11.1. The van der Waals surface area contributed by atoms with Crippen molar-refractivity contribution >= 4 is 22.6 Å². The second kappa shape index (κ2) is 7.26. The highest BCUT2D eigenvalue weighted by Crippen LogP contribution is 2.24. The Morgan fingerprint density at radius 1 is 1.04 bits per heavy atom. The van der Waals surface area contributed by atoms with Gasteiger partial charge in [-0.05, 0) is 63.1 Å². The number of carbonyl (C=O) groups excluding carboxylic acids is 1. The summed E-state index contributed by atoms with van der Waals surface area (Å²) in [4.78, 5) is 21.5. The van der Waals surface area contributed by atoms with Crippen LogP contribution in [0.25, 0.3) is 11.0 Å². The number of fused-ring (bicyclic) bond motifs is 1. The maximum atomic E-state index is 13.9. The van der Waals surface area contributed by atoms with Crippen molar-refractivity contribution < 1.29 is 18.3 Å². The number of anilines is 1. The van der Waals surface area contributed by atoms with E-state index in [2.05, 4.69) is 15.3 Å². The van der Waals surface area contributed by atoms with Crippen LogP contribution in [0, 0.1) is 25.5 Å². The Hall–Kier alpha value is -3.09. The number of aryl methyl sites for hydroxylation is 2. The average Bonchev–Trinajstić information content (AvgIpc) is 2.58. The first-order valence-electron chi connectivity index (χ1n) is 8.46. The number of aromatic nitrogens is 2. The molecule has 0 saturated heterocycles. The molecule has 0 saturated carbocycles. The lowest BCUT2D eigenvalue weighted by Crippen LogP contribution is -2.19. The number of benzene rings is 2. The maximum absolute atomic E-state index is 13.9. The fourth-order valence-corrected chi connectivity index (χ4v) is 2.52. The number of carbonyl (C=O) groups is 1. The molecule has 2 aromatic carbocycles. The first-order chi connectivity index (χ1) is 12.7. The fourth-order valence-electron chi connectivity index (χ4n) is 2.52. The highest BCUT2D eigenvalue weighted by atomic mass is 19.1. The molecule has 3 rings (SSSR count). The zero-order chi connectivity index (χ0) is 19.7. The van der Waals surface area contributed by atoms with Gasteiger partial charge in [-0.15, -0.1) is 0 Å². The van der Waals surface area contributed by atoms with Crippen LogP contribution in [0.1, 0.15) is 35.5 Å². The number of nitrogens with one attached hydrogen (secondary N) is 1. The number of nitrogens with zero attached hydrogens (tertiary/aromatic N) is 2. The first-order valence-corrected chi connectivity index (χ1v) is 8.46. The van der Waals surface area contributed by atoms with Gasteiger partial charge in [0.25, 0.3) is 5.91 Å². The molecule has 1 N–H and O–H groups in total. The predicted octanol–water partition coefficient (Wildman–Crippen LogP) is 4.56. The third-order valence-corrected chi connectivity index (χ3v) is 3.99. The minimum atomic E-state index is -0.753. The third kappa shape index (κ3) is 4.02. The summed E-state index contributed by atoms with van der Waals surface area (Å²) >= 11 is 0. The van der Waals surface area contributed by atoms with Crippen molar-refractivity contribution in [1.82, 2.24) is 9.97 Å². The van der Waals surface area contributed by atoms with Crippen LogP contribution in [0.2, 0.25) is 0 Å². The summed E-state index contributed by atoms with van der Waals surface area (Å²) in [5, 5.41) is 2.34. The molecule has 0 unspecified atom stereocenters. The second-order valence-electron chi connectivity index (χ2n) is 6.55. The van der Waals surface area contributed by atoms with E-state index in [0.717, 1.165) is 29.3 Å². The molecule has 5 nitrogen and oxygen atoms in total. The van der Waals surface area contributed by atoms with Crippen LogP contribution in [0.15, 0.2) is 30.3 Å². The quantitative estimate of drug-likeness (QED) is 0.730. The summed E-state index contributed by atoms with van der Waals surface area (Å²) in [6.45, 7) is 7.46. The number of halogens is 2. The zero-order valence-electron chi connectivity index (χ0n) is 15.4. The molecule has 0 bridgehead atoms. The van der Waals surface area contributed by atoms with Gasteiger partial charge in [0.15, 0.2) is 5.69 Å². The van der Waals surface area contributed by atoms with Crippen molar-refractivity contribution in [1.29, 1.82) is 0 Å². The molecule has 0 aliphatic carbocycles. The van der Waals surface area contributed by atoms with Gasteiger partial charge in [0.2, 0.25) is 5.88 Å². The summed E-state index contributed by atoms with van der Waals surface area (Å²) < 4.78 is 32.9. The van der Waals surface area contributed by atoms with Crippen molar-refractivity contribution in [2.45, 2.75) is 33.8 Å². The zero-order valence-corrected chi connectivity index (χ0v) is 15.4. The highest BCUT2D eigenvalue weighted by Gasteiger charge is 2.21. The van der Waals surface area contributed by atoms with Gasteiger partial charge in [-0.3, -0.25) is 4.79 Å². The number of rotatable bonds is 4. The monoisotopic (exact) mass is 371 g/mol. The fraction of sp³-hybridized carbons (Fsp3) is 0.250. The summed E-state index contributed by atoms with van der Waals surface area (Å²) in [6.07, 6.45) is -0.249. The van der Waals surface area contributed by atoms with E-state index in [1.54, 1.807) is 13.8 Å². The van der Waals surface area contributed by atoms with E-state index in [-0.39, 0.29) is 23.4 Å². The molecule has 0 aliphatic rings. The van der Waals surface area contributed by atoms with E-state index in [4.69, 9.17) is 4.74 Å². The van der Waals surface area contributed by atoms with Crippen molar-refractivity contribution in [3.05, 3.63) is 58.8 Å². The lowest BCUT2D eigenvalue weighted by atomic mass is 10.1. The number of hydrogen-bond acceptors (Lipinski definition) is 4. The topological polar surface area (TPSA) is 64.1 Å². The maximum Gasteiger partial charge on any atom is 0.280 e. The number of ether oxygens (including phenoxy) is 1. The van der Waals surface area contributed by atoms with Gasteiger partial charge in [-0.1, -0.05) is 0 Å². The molecule has 1 amide bonds. The summed E-state index contributed by atoms with van der Waals surface area (Å²) in [5.41, 5.74) is 2.75. The van der Waals surface area contributed by atoms with Gasteiger partial charge in [-0.2, -0.15) is 0 Å². The van der Waals surface area contributed by atoms with Crippen molar-refractivity contribution in [3.63, 3.8) is 0 Å². The number of hydrogen-bond donors (Lipinski definition) is 1. The van der Waals surface area contributed by atoms with Gasteiger partial charge >= 0.3 is 0 Å². The van der Waals surface area contributed by atoms with Crippen molar-refractivity contribution in [2.24, 2.45) is 0 Å². The van der Waals surface area contributed by atoms with Crippen LogP contribution < -0.4 is 10.1 Å².